The fraction of sp³-hybridized carbons (Fsp3) is 0.417. The first-order chi connectivity index (χ1) is 8.16. The van der Waals surface area contributed by atoms with Gasteiger partial charge in [-0.1, -0.05) is 0 Å². The van der Waals surface area contributed by atoms with Gasteiger partial charge < -0.3 is 8.98 Å². The van der Waals surface area contributed by atoms with Gasteiger partial charge >= 0.3 is 0 Å². The van der Waals surface area contributed by atoms with E-state index < -0.39 is 0 Å². The zero-order valence-electron chi connectivity index (χ0n) is 9.41. The van der Waals surface area contributed by atoms with Crippen LogP contribution in [0.25, 0.3) is 11.6 Å². The van der Waals surface area contributed by atoms with Crippen LogP contribution in [0.3, 0.4) is 0 Å². The lowest BCUT2D eigenvalue weighted by molar-refractivity contribution is 0.430. The third-order valence-electron chi connectivity index (χ3n) is 3.23. The minimum Gasteiger partial charge on any atom is -0.441 e. The molecule has 0 spiro atoms. The van der Waals surface area contributed by atoms with Crippen LogP contribution in [0.5, 0.6) is 0 Å². The van der Waals surface area contributed by atoms with Gasteiger partial charge in [0, 0.05) is 6.04 Å². The van der Waals surface area contributed by atoms with Crippen LogP contribution in [0.1, 0.15) is 31.5 Å². The van der Waals surface area contributed by atoms with E-state index >= 15 is 0 Å². The van der Waals surface area contributed by atoms with Crippen LogP contribution in [0.4, 0.5) is 0 Å². The van der Waals surface area contributed by atoms with Crippen molar-refractivity contribution >= 4 is 27.5 Å². The molecule has 0 aliphatic carbocycles. The van der Waals surface area contributed by atoms with Gasteiger partial charge in [-0.3, -0.25) is 0 Å². The molecule has 0 amide bonds. The predicted octanol–water partition coefficient (Wildman–Crippen LogP) is 4.46. The molecular weight excluding hydrogens is 304 g/mol. The zero-order valence-corrected chi connectivity index (χ0v) is 11.8. The Morgan fingerprint density at radius 2 is 2.35 bits per heavy atom. The molecule has 1 unspecified atom stereocenters. The Bertz CT molecular complexity index is 561. The molecule has 0 aromatic carbocycles. The number of imidazole rings is 1. The Morgan fingerprint density at radius 1 is 1.53 bits per heavy atom. The average molecular weight is 316 g/mol. The summed E-state index contributed by atoms with van der Waals surface area (Å²) >= 11 is 9.35. The lowest BCUT2D eigenvalue weighted by Gasteiger charge is -2.23. The van der Waals surface area contributed by atoms with E-state index in [1.807, 2.05) is 6.07 Å². The highest BCUT2D eigenvalue weighted by atomic mass is 79.9. The van der Waals surface area contributed by atoms with Gasteiger partial charge in [0.25, 0.3) is 0 Å². The molecule has 0 saturated carbocycles. The Kier molecular flexibility index (Phi) is 2.79. The summed E-state index contributed by atoms with van der Waals surface area (Å²) in [7, 11) is 0. The molecule has 17 heavy (non-hydrogen) atoms. The molecular formula is C12H12BrClN2O. The van der Waals surface area contributed by atoms with Crippen LogP contribution in [-0.4, -0.2) is 9.55 Å². The molecule has 3 nitrogen and oxygen atoms in total. The van der Waals surface area contributed by atoms with Crippen molar-refractivity contribution in [3.8, 4) is 11.6 Å². The summed E-state index contributed by atoms with van der Waals surface area (Å²) in [6.45, 7) is 2.21. The molecule has 3 heterocycles. The fourth-order valence-electron chi connectivity index (χ4n) is 2.44. The van der Waals surface area contributed by atoms with Crippen molar-refractivity contribution in [2.24, 2.45) is 0 Å². The zero-order chi connectivity index (χ0) is 12.0. The average Bonchev–Trinajstić information content (AvgIpc) is 2.85. The maximum Gasteiger partial charge on any atom is 0.194 e. The molecule has 2 aromatic heterocycles. The molecule has 2 aromatic rings. The highest BCUT2D eigenvalue weighted by Crippen LogP contribution is 2.36. The number of aromatic nitrogens is 2. The van der Waals surface area contributed by atoms with Gasteiger partial charge in [-0.15, -0.1) is 0 Å². The molecule has 0 radical (unpaired) electrons. The quantitative estimate of drug-likeness (QED) is 0.778. The van der Waals surface area contributed by atoms with E-state index in [-0.39, 0.29) is 0 Å². The van der Waals surface area contributed by atoms with Gasteiger partial charge in [-0.2, -0.15) is 0 Å². The van der Waals surface area contributed by atoms with Crippen LogP contribution in [0.2, 0.25) is 5.22 Å². The number of rotatable bonds is 1. The Morgan fingerprint density at radius 3 is 3.06 bits per heavy atom. The van der Waals surface area contributed by atoms with E-state index in [1.54, 1.807) is 6.07 Å². The molecule has 0 bridgehead atoms. The van der Waals surface area contributed by atoms with Gasteiger partial charge in [0.15, 0.2) is 16.8 Å². The molecule has 1 aliphatic heterocycles. The van der Waals surface area contributed by atoms with Crippen molar-refractivity contribution in [2.45, 2.75) is 32.2 Å². The number of halogens is 2. The first kappa shape index (κ1) is 11.4. The first-order valence-electron chi connectivity index (χ1n) is 5.69. The molecule has 90 valence electrons. The highest BCUT2D eigenvalue weighted by Gasteiger charge is 2.25. The predicted molar refractivity (Wildman–Crippen MR) is 70.3 cm³/mol. The third kappa shape index (κ3) is 1.83. The third-order valence-corrected chi connectivity index (χ3v) is 4.07. The van der Waals surface area contributed by atoms with Gasteiger partial charge in [0.05, 0.1) is 5.69 Å². The largest absolute Gasteiger partial charge is 0.441 e. The highest BCUT2D eigenvalue weighted by molar-refractivity contribution is 9.10. The van der Waals surface area contributed by atoms with Crippen molar-refractivity contribution in [2.75, 3.05) is 0 Å². The van der Waals surface area contributed by atoms with E-state index in [0.29, 0.717) is 11.3 Å². The molecule has 0 saturated heterocycles. The van der Waals surface area contributed by atoms with Gasteiger partial charge in [0.2, 0.25) is 0 Å². The summed E-state index contributed by atoms with van der Waals surface area (Å²) in [6.07, 6.45) is 3.45. The summed E-state index contributed by atoms with van der Waals surface area (Å²) in [5.41, 5.74) is 1.26. The topological polar surface area (TPSA) is 31.0 Å². The van der Waals surface area contributed by atoms with Gasteiger partial charge in [0.1, 0.15) is 4.60 Å². The van der Waals surface area contributed by atoms with Crippen LogP contribution in [0.15, 0.2) is 21.2 Å². The summed E-state index contributed by atoms with van der Waals surface area (Å²) < 4.78 is 8.63. The van der Waals surface area contributed by atoms with E-state index in [2.05, 4.69) is 32.4 Å². The van der Waals surface area contributed by atoms with Crippen LogP contribution >= 0.6 is 27.5 Å². The van der Waals surface area contributed by atoms with E-state index in [0.717, 1.165) is 22.6 Å². The molecule has 1 aliphatic rings. The van der Waals surface area contributed by atoms with Crippen molar-refractivity contribution in [1.29, 1.82) is 0 Å². The summed E-state index contributed by atoms with van der Waals surface area (Å²) in [5.74, 6) is 1.60. The maximum atomic E-state index is 5.82. The monoisotopic (exact) mass is 314 g/mol. The van der Waals surface area contributed by atoms with Crippen molar-refractivity contribution < 1.29 is 4.42 Å². The standard InChI is InChI=1S/C12H12BrClN2O/c1-7-3-2-4-8-11(13)15-12(16(7)8)9-5-6-10(14)17-9/h5-7H,2-4H2,1H3. The Hall–Kier alpha value is -0.740. The summed E-state index contributed by atoms with van der Waals surface area (Å²) in [4.78, 5) is 4.55. The van der Waals surface area contributed by atoms with E-state index in [1.165, 1.54) is 18.5 Å². The number of fused-ring (bicyclic) bond motifs is 1. The SMILES string of the molecule is CC1CCCc2c(Br)nc(-c3ccc(Cl)o3)n21. The minimum atomic E-state index is 0.400. The fourth-order valence-corrected chi connectivity index (χ4v) is 3.14. The summed E-state index contributed by atoms with van der Waals surface area (Å²) in [5, 5.41) is 0.400. The molecule has 0 fully saturated rings. The maximum absolute atomic E-state index is 5.82. The second-order valence-corrected chi connectivity index (χ2v) is 5.51. The van der Waals surface area contributed by atoms with Crippen LogP contribution in [0, 0.1) is 0 Å². The van der Waals surface area contributed by atoms with Gasteiger partial charge in [-0.05, 0) is 65.8 Å². The van der Waals surface area contributed by atoms with Crippen molar-refractivity contribution in [3.05, 3.63) is 27.6 Å². The molecule has 3 rings (SSSR count). The molecule has 1 atom stereocenters. The number of nitrogens with zero attached hydrogens (tertiary/aromatic N) is 2. The summed E-state index contributed by atoms with van der Waals surface area (Å²) in [6, 6.07) is 4.07. The van der Waals surface area contributed by atoms with E-state index in [4.69, 9.17) is 16.0 Å². The Balaban J connectivity index is 2.18. The molecule has 5 heteroatoms. The first-order valence-corrected chi connectivity index (χ1v) is 6.86. The minimum absolute atomic E-state index is 0.400. The Labute approximate surface area is 113 Å². The second kappa shape index (κ2) is 4.18. The number of hydrogen-bond acceptors (Lipinski definition) is 2. The molecule has 0 N–H and O–H groups in total. The van der Waals surface area contributed by atoms with E-state index in [9.17, 15) is 0 Å². The van der Waals surface area contributed by atoms with Crippen LogP contribution in [-0.2, 0) is 6.42 Å². The number of hydrogen-bond donors (Lipinski definition) is 0. The lowest BCUT2D eigenvalue weighted by atomic mass is 10.0. The second-order valence-electron chi connectivity index (χ2n) is 4.39. The van der Waals surface area contributed by atoms with Crippen molar-refractivity contribution in [3.63, 3.8) is 0 Å². The van der Waals surface area contributed by atoms with Gasteiger partial charge in [-0.25, -0.2) is 4.98 Å². The van der Waals surface area contributed by atoms with Crippen LogP contribution < -0.4 is 0 Å². The van der Waals surface area contributed by atoms with Crippen molar-refractivity contribution in [1.82, 2.24) is 9.55 Å². The smallest absolute Gasteiger partial charge is 0.194 e. The lowest BCUT2D eigenvalue weighted by Crippen LogP contribution is -2.15. The number of furan rings is 1. The normalized spacial score (nSPS) is 19.4.